The zero-order valence-corrected chi connectivity index (χ0v) is 15.0. The van der Waals surface area contributed by atoms with Gasteiger partial charge in [-0.15, -0.1) is 12.4 Å². The molecule has 2 fully saturated rings. The molecule has 0 radical (unpaired) electrons. The lowest BCUT2D eigenvalue weighted by Crippen LogP contribution is -2.34. The second kappa shape index (κ2) is 6.77. The SMILES string of the molecule is CC1CC1C(=O)Nc1cccc(-c2nc(C3(N)CCCC3)no2)c1.Cl. The van der Waals surface area contributed by atoms with Gasteiger partial charge < -0.3 is 15.6 Å². The Morgan fingerprint density at radius 1 is 1.36 bits per heavy atom. The number of carbonyl (C=O) groups excluding carboxylic acids is 1. The van der Waals surface area contributed by atoms with Gasteiger partial charge in [0.05, 0.1) is 5.54 Å². The first-order chi connectivity index (χ1) is 11.5. The lowest BCUT2D eigenvalue weighted by molar-refractivity contribution is -0.117. The molecule has 4 rings (SSSR count). The van der Waals surface area contributed by atoms with E-state index in [4.69, 9.17) is 10.3 Å². The Balaban J connectivity index is 0.00000182. The summed E-state index contributed by atoms with van der Waals surface area (Å²) in [6, 6.07) is 7.50. The smallest absolute Gasteiger partial charge is 0.258 e. The minimum absolute atomic E-state index is 0. The summed E-state index contributed by atoms with van der Waals surface area (Å²) < 4.78 is 5.41. The molecule has 2 aliphatic rings. The van der Waals surface area contributed by atoms with Gasteiger partial charge in [-0.2, -0.15) is 4.98 Å². The van der Waals surface area contributed by atoms with E-state index in [1.54, 1.807) is 0 Å². The number of hydrogen-bond donors (Lipinski definition) is 2. The molecule has 6 nitrogen and oxygen atoms in total. The zero-order chi connectivity index (χ0) is 16.7. The van der Waals surface area contributed by atoms with Gasteiger partial charge in [0.25, 0.3) is 5.89 Å². The molecule has 134 valence electrons. The highest BCUT2D eigenvalue weighted by molar-refractivity contribution is 5.94. The van der Waals surface area contributed by atoms with Gasteiger partial charge in [0.1, 0.15) is 0 Å². The molecule has 0 spiro atoms. The third-order valence-corrected chi connectivity index (χ3v) is 5.19. The summed E-state index contributed by atoms with van der Waals surface area (Å²) in [5, 5.41) is 7.05. The average Bonchev–Trinajstić information content (AvgIpc) is 2.98. The summed E-state index contributed by atoms with van der Waals surface area (Å²) in [4.78, 5) is 16.6. The normalized spacial score (nSPS) is 23.8. The lowest BCUT2D eigenvalue weighted by atomic mass is 9.99. The number of nitrogens with zero attached hydrogens (tertiary/aromatic N) is 2. The van der Waals surface area contributed by atoms with Crippen LogP contribution in [0.3, 0.4) is 0 Å². The van der Waals surface area contributed by atoms with Crippen molar-refractivity contribution in [1.29, 1.82) is 0 Å². The van der Waals surface area contributed by atoms with E-state index in [1.165, 1.54) is 0 Å². The van der Waals surface area contributed by atoms with Crippen molar-refractivity contribution in [2.24, 2.45) is 17.6 Å². The van der Waals surface area contributed by atoms with Gasteiger partial charge >= 0.3 is 0 Å². The first kappa shape index (κ1) is 17.9. The standard InChI is InChI=1S/C18H22N4O2.ClH/c1-11-9-14(11)15(23)20-13-6-4-5-12(10-13)16-21-17(22-24-16)18(19)7-2-3-8-18;/h4-6,10-11,14H,2-3,7-9,19H2,1H3,(H,20,23);1H. The number of rotatable bonds is 4. The van der Waals surface area contributed by atoms with E-state index in [0.29, 0.717) is 17.6 Å². The largest absolute Gasteiger partial charge is 0.334 e. The third-order valence-electron chi connectivity index (χ3n) is 5.19. The van der Waals surface area contributed by atoms with Crippen molar-refractivity contribution >= 4 is 24.0 Å². The molecular formula is C18H23ClN4O2. The van der Waals surface area contributed by atoms with E-state index in [2.05, 4.69) is 22.4 Å². The molecule has 7 heteroatoms. The van der Waals surface area contributed by atoms with Crippen molar-refractivity contribution in [2.75, 3.05) is 5.32 Å². The summed E-state index contributed by atoms with van der Waals surface area (Å²) >= 11 is 0. The van der Waals surface area contributed by atoms with Crippen LogP contribution in [0.2, 0.25) is 0 Å². The molecule has 1 amide bonds. The minimum Gasteiger partial charge on any atom is -0.334 e. The molecule has 2 atom stereocenters. The van der Waals surface area contributed by atoms with Crippen LogP contribution in [0.4, 0.5) is 5.69 Å². The Labute approximate surface area is 153 Å². The first-order valence-corrected chi connectivity index (χ1v) is 8.59. The van der Waals surface area contributed by atoms with Crippen LogP contribution in [0.5, 0.6) is 0 Å². The van der Waals surface area contributed by atoms with E-state index in [9.17, 15) is 4.79 Å². The fourth-order valence-corrected chi connectivity index (χ4v) is 3.42. The first-order valence-electron chi connectivity index (χ1n) is 8.59. The van der Waals surface area contributed by atoms with E-state index < -0.39 is 5.54 Å². The summed E-state index contributed by atoms with van der Waals surface area (Å²) in [5.74, 6) is 1.73. The van der Waals surface area contributed by atoms with Gasteiger partial charge in [0.2, 0.25) is 5.91 Å². The number of nitrogens with one attached hydrogen (secondary N) is 1. The maximum absolute atomic E-state index is 12.1. The summed E-state index contributed by atoms with van der Waals surface area (Å²) in [6.07, 6.45) is 4.95. The van der Waals surface area contributed by atoms with Gasteiger partial charge in [0, 0.05) is 17.2 Å². The van der Waals surface area contributed by atoms with Gasteiger partial charge in [-0.05, 0) is 43.4 Å². The molecule has 3 N–H and O–H groups in total. The fraction of sp³-hybridized carbons (Fsp3) is 0.500. The van der Waals surface area contributed by atoms with Crippen molar-refractivity contribution in [3.63, 3.8) is 0 Å². The summed E-state index contributed by atoms with van der Waals surface area (Å²) in [6.45, 7) is 2.09. The second-order valence-corrected chi connectivity index (χ2v) is 7.18. The molecule has 25 heavy (non-hydrogen) atoms. The highest BCUT2D eigenvalue weighted by Crippen LogP contribution is 2.39. The van der Waals surface area contributed by atoms with Crippen LogP contribution < -0.4 is 11.1 Å². The Kier molecular flexibility index (Phi) is 4.84. The number of carbonyl (C=O) groups is 1. The fourth-order valence-electron chi connectivity index (χ4n) is 3.42. The van der Waals surface area contributed by atoms with Crippen molar-refractivity contribution in [2.45, 2.75) is 44.6 Å². The monoisotopic (exact) mass is 362 g/mol. The molecule has 2 unspecified atom stereocenters. The molecule has 1 aromatic heterocycles. The number of benzene rings is 1. The molecule has 1 aromatic carbocycles. The van der Waals surface area contributed by atoms with Crippen LogP contribution in [0.15, 0.2) is 28.8 Å². The third kappa shape index (κ3) is 3.55. The van der Waals surface area contributed by atoms with Crippen molar-refractivity contribution in [3.05, 3.63) is 30.1 Å². The summed E-state index contributed by atoms with van der Waals surface area (Å²) in [7, 11) is 0. The van der Waals surface area contributed by atoms with Gasteiger partial charge in [0.15, 0.2) is 5.82 Å². The van der Waals surface area contributed by atoms with E-state index in [0.717, 1.165) is 43.4 Å². The number of aromatic nitrogens is 2. The highest BCUT2D eigenvalue weighted by atomic mass is 35.5. The maximum atomic E-state index is 12.1. The van der Waals surface area contributed by atoms with Crippen LogP contribution in [-0.2, 0) is 10.3 Å². The van der Waals surface area contributed by atoms with E-state index in [-0.39, 0.29) is 24.2 Å². The molecule has 1 heterocycles. The number of amides is 1. The molecule has 2 saturated carbocycles. The van der Waals surface area contributed by atoms with Gasteiger partial charge in [-0.1, -0.05) is 31.0 Å². The minimum atomic E-state index is -0.463. The van der Waals surface area contributed by atoms with Crippen molar-refractivity contribution in [3.8, 4) is 11.5 Å². The Morgan fingerprint density at radius 2 is 2.08 bits per heavy atom. The topological polar surface area (TPSA) is 94.0 Å². The predicted molar refractivity (Wildman–Crippen MR) is 97.2 cm³/mol. The summed E-state index contributed by atoms with van der Waals surface area (Å²) in [5.41, 5.74) is 7.45. The lowest BCUT2D eigenvalue weighted by Gasteiger charge is -2.17. The number of nitrogens with two attached hydrogens (primary N) is 1. The van der Waals surface area contributed by atoms with Crippen LogP contribution in [0, 0.1) is 11.8 Å². The molecule has 0 bridgehead atoms. The van der Waals surface area contributed by atoms with Crippen LogP contribution in [-0.4, -0.2) is 16.0 Å². The average molecular weight is 363 g/mol. The Bertz CT molecular complexity index is 770. The Hall–Kier alpha value is -1.92. The molecule has 0 aliphatic heterocycles. The highest BCUT2D eigenvalue weighted by Gasteiger charge is 2.39. The molecule has 2 aromatic rings. The molecular weight excluding hydrogens is 340 g/mol. The van der Waals surface area contributed by atoms with E-state index >= 15 is 0 Å². The predicted octanol–water partition coefficient (Wildman–Crippen LogP) is 3.48. The second-order valence-electron chi connectivity index (χ2n) is 7.18. The maximum Gasteiger partial charge on any atom is 0.258 e. The van der Waals surface area contributed by atoms with E-state index in [1.807, 2.05) is 24.3 Å². The van der Waals surface area contributed by atoms with Crippen LogP contribution in [0.1, 0.15) is 44.9 Å². The van der Waals surface area contributed by atoms with Crippen molar-refractivity contribution < 1.29 is 9.32 Å². The van der Waals surface area contributed by atoms with Crippen molar-refractivity contribution in [1.82, 2.24) is 10.1 Å². The molecule has 0 saturated heterocycles. The number of hydrogen-bond acceptors (Lipinski definition) is 5. The quantitative estimate of drug-likeness (QED) is 0.868. The van der Waals surface area contributed by atoms with Crippen LogP contribution in [0.25, 0.3) is 11.5 Å². The Morgan fingerprint density at radius 3 is 2.76 bits per heavy atom. The number of anilines is 1. The zero-order valence-electron chi connectivity index (χ0n) is 14.2. The van der Waals surface area contributed by atoms with Gasteiger partial charge in [-0.25, -0.2) is 0 Å². The van der Waals surface area contributed by atoms with Crippen LogP contribution >= 0.6 is 12.4 Å². The number of halogens is 1. The van der Waals surface area contributed by atoms with Gasteiger partial charge in [-0.3, -0.25) is 4.79 Å². The molecule has 2 aliphatic carbocycles.